The number of nitrogens with two attached hydrogens (primary N) is 1. The number of benzene rings is 1. The molecular weight excluding hydrogens is 234 g/mol. The molecule has 2 N–H and O–H groups in total. The first-order chi connectivity index (χ1) is 8.51. The first-order valence-electron chi connectivity index (χ1n) is 7.05. The average molecular weight is 263 g/mol. The van der Waals surface area contributed by atoms with Crippen molar-refractivity contribution in [2.24, 2.45) is 5.73 Å². The molecule has 0 unspecified atom stereocenters. The van der Waals surface area contributed by atoms with Crippen molar-refractivity contribution in [1.82, 2.24) is 0 Å². The summed E-state index contributed by atoms with van der Waals surface area (Å²) in [5, 5.41) is 0. The molecule has 0 aliphatic rings. The lowest BCUT2D eigenvalue weighted by Gasteiger charge is -2.27. The normalized spacial score (nSPS) is 14.3. The van der Waals surface area contributed by atoms with E-state index in [2.05, 4.69) is 59.7 Å². The van der Waals surface area contributed by atoms with Gasteiger partial charge in [0.15, 0.2) is 0 Å². The minimum absolute atomic E-state index is 0.0510. The van der Waals surface area contributed by atoms with Gasteiger partial charge in [-0.3, -0.25) is 0 Å². The van der Waals surface area contributed by atoms with E-state index in [1.54, 1.807) is 0 Å². The molecule has 1 rings (SSSR count). The summed E-state index contributed by atoms with van der Waals surface area (Å²) in [7, 11) is 0. The van der Waals surface area contributed by atoms with E-state index < -0.39 is 0 Å². The lowest BCUT2D eigenvalue weighted by atomic mass is 9.80. The molecule has 0 aliphatic heterocycles. The summed E-state index contributed by atoms with van der Waals surface area (Å²) in [6, 6.07) is 6.57. The highest BCUT2D eigenvalue weighted by atomic mass is 16.5. The quantitative estimate of drug-likeness (QED) is 0.894. The maximum Gasteiger partial charge on any atom is 0.123 e. The van der Waals surface area contributed by atoms with Gasteiger partial charge in [0, 0.05) is 6.04 Å². The molecule has 108 valence electrons. The molecule has 19 heavy (non-hydrogen) atoms. The fourth-order valence-electron chi connectivity index (χ4n) is 1.93. The largest absolute Gasteiger partial charge is 0.492 e. The zero-order valence-corrected chi connectivity index (χ0v) is 13.5. The highest BCUT2D eigenvalue weighted by molar-refractivity contribution is 5.43. The summed E-state index contributed by atoms with van der Waals surface area (Å²) in [6.07, 6.45) is 0. The summed E-state index contributed by atoms with van der Waals surface area (Å²) < 4.78 is 5.87. The molecule has 1 atom stereocenters. The van der Waals surface area contributed by atoms with Crippen LogP contribution in [0.2, 0.25) is 0 Å². The Morgan fingerprint density at radius 3 is 2.05 bits per heavy atom. The van der Waals surface area contributed by atoms with Crippen molar-refractivity contribution in [3.05, 3.63) is 29.3 Å². The first-order valence-corrected chi connectivity index (χ1v) is 7.05. The van der Waals surface area contributed by atoms with Gasteiger partial charge in [0.05, 0.1) is 0 Å². The summed E-state index contributed by atoms with van der Waals surface area (Å²) in [6.45, 7) is 15.9. The van der Waals surface area contributed by atoms with Crippen LogP contribution in [0.15, 0.2) is 18.2 Å². The predicted molar refractivity (Wildman–Crippen MR) is 83.0 cm³/mol. The molecule has 0 spiro atoms. The molecule has 0 heterocycles. The molecule has 2 heteroatoms. The van der Waals surface area contributed by atoms with E-state index in [0.717, 1.165) is 5.75 Å². The molecule has 0 saturated heterocycles. The second-order valence-electron chi connectivity index (χ2n) is 7.50. The van der Waals surface area contributed by atoms with E-state index in [1.165, 1.54) is 11.1 Å². The number of ether oxygens (including phenoxy) is 1. The molecule has 1 aromatic carbocycles. The van der Waals surface area contributed by atoms with Crippen molar-refractivity contribution < 1.29 is 4.74 Å². The van der Waals surface area contributed by atoms with Gasteiger partial charge in [0.2, 0.25) is 0 Å². The van der Waals surface area contributed by atoms with Gasteiger partial charge in [-0.15, -0.1) is 0 Å². The van der Waals surface area contributed by atoms with Gasteiger partial charge in [0.25, 0.3) is 0 Å². The van der Waals surface area contributed by atoms with Crippen molar-refractivity contribution in [2.45, 2.75) is 65.3 Å². The Morgan fingerprint density at radius 2 is 1.63 bits per heavy atom. The van der Waals surface area contributed by atoms with Gasteiger partial charge in [0.1, 0.15) is 12.4 Å². The number of hydrogen-bond acceptors (Lipinski definition) is 2. The van der Waals surface area contributed by atoms with Crippen LogP contribution in [-0.4, -0.2) is 12.6 Å². The smallest absolute Gasteiger partial charge is 0.123 e. The molecule has 0 aromatic heterocycles. The van der Waals surface area contributed by atoms with Crippen molar-refractivity contribution in [3.8, 4) is 5.75 Å². The molecule has 0 bridgehead atoms. The Bertz CT molecular complexity index is 422. The van der Waals surface area contributed by atoms with Crippen LogP contribution in [0.4, 0.5) is 0 Å². The van der Waals surface area contributed by atoms with Crippen LogP contribution in [0.3, 0.4) is 0 Å². The van der Waals surface area contributed by atoms with Crippen LogP contribution in [0.1, 0.15) is 59.6 Å². The van der Waals surface area contributed by atoms with Gasteiger partial charge in [-0.05, 0) is 34.9 Å². The van der Waals surface area contributed by atoms with Crippen molar-refractivity contribution >= 4 is 0 Å². The Kier molecular flexibility index (Phi) is 4.67. The second kappa shape index (κ2) is 5.54. The van der Waals surface area contributed by atoms with E-state index in [9.17, 15) is 0 Å². The summed E-state index contributed by atoms with van der Waals surface area (Å²) in [4.78, 5) is 0. The van der Waals surface area contributed by atoms with Gasteiger partial charge < -0.3 is 10.5 Å². The lowest BCUT2D eigenvalue weighted by Crippen LogP contribution is -2.25. The SMILES string of the molecule is C[C@H](N)COc1ccc(C(C)(C)C)cc1C(C)(C)C. The molecule has 0 radical (unpaired) electrons. The van der Waals surface area contributed by atoms with E-state index in [-0.39, 0.29) is 16.9 Å². The molecule has 2 nitrogen and oxygen atoms in total. The Balaban J connectivity index is 3.18. The monoisotopic (exact) mass is 263 g/mol. The molecule has 0 fully saturated rings. The van der Waals surface area contributed by atoms with Crippen LogP contribution < -0.4 is 10.5 Å². The highest BCUT2D eigenvalue weighted by Gasteiger charge is 2.23. The van der Waals surface area contributed by atoms with E-state index >= 15 is 0 Å². The Hall–Kier alpha value is -1.02. The van der Waals surface area contributed by atoms with Crippen LogP contribution in [0, 0.1) is 0 Å². The van der Waals surface area contributed by atoms with Crippen molar-refractivity contribution in [3.63, 3.8) is 0 Å². The molecular formula is C17H29NO. The van der Waals surface area contributed by atoms with E-state index in [1.807, 2.05) is 6.92 Å². The topological polar surface area (TPSA) is 35.2 Å². The minimum Gasteiger partial charge on any atom is -0.492 e. The van der Waals surface area contributed by atoms with E-state index in [4.69, 9.17) is 10.5 Å². The fraction of sp³-hybridized carbons (Fsp3) is 0.647. The molecule has 1 aromatic rings. The first kappa shape index (κ1) is 16.0. The summed E-state index contributed by atoms with van der Waals surface area (Å²) in [5.74, 6) is 0.956. The lowest BCUT2D eigenvalue weighted by molar-refractivity contribution is 0.288. The molecule has 0 aliphatic carbocycles. The van der Waals surface area contributed by atoms with Crippen molar-refractivity contribution in [1.29, 1.82) is 0 Å². The maximum atomic E-state index is 5.87. The van der Waals surface area contributed by atoms with Crippen LogP contribution in [0.5, 0.6) is 5.75 Å². The highest BCUT2D eigenvalue weighted by Crippen LogP contribution is 2.35. The van der Waals surface area contributed by atoms with Crippen LogP contribution >= 0.6 is 0 Å². The predicted octanol–water partition coefficient (Wildman–Crippen LogP) is 4.01. The van der Waals surface area contributed by atoms with Gasteiger partial charge in [-0.2, -0.15) is 0 Å². The second-order valence-corrected chi connectivity index (χ2v) is 7.50. The molecule has 0 amide bonds. The Morgan fingerprint density at radius 1 is 1.05 bits per heavy atom. The fourth-order valence-corrected chi connectivity index (χ4v) is 1.93. The summed E-state index contributed by atoms with van der Waals surface area (Å²) in [5.41, 5.74) is 8.58. The van der Waals surface area contributed by atoms with E-state index in [0.29, 0.717) is 6.61 Å². The minimum atomic E-state index is 0.0510. The average Bonchev–Trinajstić information content (AvgIpc) is 2.23. The van der Waals surface area contributed by atoms with Gasteiger partial charge in [-0.1, -0.05) is 53.7 Å². The Labute approximate surface area is 118 Å². The third kappa shape index (κ3) is 4.54. The standard InChI is InChI=1S/C17H29NO/c1-12(18)11-19-15-9-8-13(16(2,3)4)10-14(15)17(5,6)7/h8-10,12H,11,18H2,1-7H3/t12-/m0/s1. The third-order valence-electron chi connectivity index (χ3n) is 3.16. The van der Waals surface area contributed by atoms with Crippen LogP contribution in [0.25, 0.3) is 0 Å². The zero-order valence-electron chi connectivity index (χ0n) is 13.5. The van der Waals surface area contributed by atoms with Crippen LogP contribution in [-0.2, 0) is 10.8 Å². The third-order valence-corrected chi connectivity index (χ3v) is 3.16. The maximum absolute atomic E-state index is 5.87. The summed E-state index contributed by atoms with van der Waals surface area (Å²) >= 11 is 0. The molecule has 0 saturated carbocycles. The van der Waals surface area contributed by atoms with Crippen molar-refractivity contribution in [2.75, 3.05) is 6.61 Å². The van der Waals surface area contributed by atoms with Gasteiger partial charge in [-0.25, -0.2) is 0 Å². The van der Waals surface area contributed by atoms with Gasteiger partial charge >= 0.3 is 0 Å². The zero-order chi connectivity index (χ0) is 14.8. The number of hydrogen-bond donors (Lipinski definition) is 1. The number of rotatable bonds is 3.